The SMILES string of the molecule is CCCC(CC(=O)O)NC(=O)NC1(C)CCCOC1. The largest absolute Gasteiger partial charge is 0.481 e. The highest BCUT2D eigenvalue weighted by molar-refractivity contribution is 5.76. The fourth-order valence-electron chi connectivity index (χ4n) is 2.31. The van der Waals surface area contributed by atoms with Crippen molar-refractivity contribution < 1.29 is 19.4 Å². The first-order chi connectivity index (χ1) is 8.95. The Morgan fingerprint density at radius 1 is 1.47 bits per heavy atom. The molecular formula is C13H24N2O4. The predicted molar refractivity (Wildman–Crippen MR) is 71.1 cm³/mol. The van der Waals surface area contributed by atoms with Crippen molar-refractivity contribution in [3.63, 3.8) is 0 Å². The molecule has 1 fully saturated rings. The number of amides is 2. The first-order valence-corrected chi connectivity index (χ1v) is 6.83. The number of carboxylic acid groups (broad SMARTS) is 1. The number of hydrogen-bond acceptors (Lipinski definition) is 3. The fraction of sp³-hybridized carbons (Fsp3) is 0.846. The summed E-state index contributed by atoms with van der Waals surface area (Å²) in [6.45, 7) is 5.14. The minimum atomic E-state index is -0.897. The standard InChI is InChI=1S/C13H24N2O4/c1-3-5-10(8-11(16)17)14-12(18)15-13(2)6-4-7-19-9-13/h10H,3-9H2,1-2H3,(H,16,17)(H2,14,15,18). The molecule has 1 rings (SSSR count). The second-order valence-corrected chi connectivity index (χ2v) is 5.40. The summed E-state index contributed by atoms with van der Waals surface area (Å²) < 4.78 is 5.37. The van der Waals surface area contributed by atoms with Gasteiger partial charge in [0.05, 0.1) is 18.6 Å². The van der Waals surface area contributed by atoms with E-state index in [4.69, 9.17) is 9.84 Å². The molecule has 2 amide bonds. The summed E-state index contributed by atoms with van der Waals surface area (Å²) >= 11 is 0. The molecule has 6 nitrogen and oxygen atoms in total. The van der Waals surface area contributed by atoms with Crippen LogP contribution in [0, 0.1) is 0 Å². The minimum absolute atomic E-state index is 0.0471. The average Bonchev–Trinajstić information content (AvgIpc) is 2.28. The maximum absolute atomic E-state index is 11.9. The summed E-state index contributed by atoms with van der Waals surface area (Å²) in [6.07, 6.45) is 3.24. The van der Waals surface area contributed by atoms with E-state index in [1.807, 2.05) is 13.8 Å². The van der Waals surface area contributed by atoms with Crippen molar-refractivity contribution in [2.75, 3.05) is 13.2 Å². The van der Waals surface area contributed by atoms with Gasteiger partial charge in [-0.3, -0.25) is 4.79 Å². The van der Waals surface area contributed by atoms with E-state index in [1.165, 1.54) is 0 Å². The van der Waals surface area contributed by atoms with Crippen LogP contribution in [0.4, 0.5) is 4.79 Å². The first kappa shape index (κ1) is 15.8. The Labute approximate surface area is 113 Å². The third kappa shape index (κ3) is 5.92. The van der Waals surface area contributed by atoms with Gasteiger partial charge in [-0.05, 0) is 26.2 Å². The fourth-order valence-corrected chi connectivity index (χ4v) is 2.31. The van der Waals surface area contributed by atoms with Crippen LogP contribution in [0.1, 0.15) is 46.0 Å². The molecule has 1 aliphatic rings. The van der Waals surface area contributed by atoms with E-state index in [2.05, 4.69) is 10.6 Å². The van der Waals surface area contributed by atoms with Gasteiger partial charge in [0.15, 0.2) is 0 Å². The van der Waals surface area contributed by atoms with Crippen LogP contribution in [0.25, 0.3) is 0 Å². The number of carbonyl (C=O) groups excluding carboxylic acids is 1. The van der Waals surface area contributed by atoms with Crippen LogP contribution in [0.15, 0.2) is 0 Å². The van der Waals surface area contributed by atoms with Gasteiger partial charge in [-0.25, -0.2) is 4.79 Å². The molecule has 110 valence electrons. The molecular weight excluding hydrogens is 248 g/mol. The second kappa shape index (κ2) is 7.33. The van der Waals surface area contributed by atoms with E-state index < -0.39 is 5.97 Å². The summed E-state index contributed by atoms with van der Waals surface area (Å²) in [5, 5.41) is 14.4. The Bertz CT molecular complexity index is 314. The van der Waals surface area contributed by atoms with E-state index >= 15 is 0 Å². The monoisotopic (exact) mass is 272 g/mol. The maximum Gasteiger partial charge on any atom is 0.315 e. The molecule has 0 aromatic carbocycles. The van der Waals surface area contributed by atoms with Crippen molar-refractivity contribution in [2.45, 2.75) is 57.5 Å². The minimum Gasteiger partial charge on any atom is -0.481 e. The molecule has 1 aliphatic heterocycles. The van der Waals surface area contributed by atoms with E-state index in [1.54, 1.807) is 0 Å². The van der Waals surface area contributed by atoms with Crippen LogP contribution in [0.2, 0.25) is 0 Å². The van der Waals surface area contributed by atoms with Crippen molar-refractivity contribution in [3.8, 4) is 0 Å². The smallest absolute Gasteiger partial charge is 0.315 e. The molecule has 19 heavy (non-hydrogen) atoms. The number of aliphatic carboxylic acids is 1. The Hall–Kier alpha value is -1.30. The van der Waals surface area contributed by atoms with Crippen molar-refractivity contribution in [1.82, 2.24) is 10.6 Å². The summed E-state index contributed by atoms with van der Waals surface area (Å²) in [6, 6.07) is -0.636. The Morgan fingerprint density at radius 3 is 2.74 bits per heavy atom. The van der Waals surface area contributed by atoms with Crippen LogP contribution in [-0.4, -0.2) is 41.9 Å². The van der Waals surface area contributed by atoms with Gasteiger partial charge in [-0.15, -0.1) is 0 Å². The zero-order chi connectivity index (χ0) is 14.3. The maximum atomic E-state index is 11.9. The zero-order valence-corrected chi connectivity index (χ0v) is 11.7. The van der Waals surface area contributed by atoms with Crippen LogP contribution in [-0.2, 0) is 9.53 Å². The molecule has 1 heterocycles. The lowest BCUT2D eigenvalue weighted by molar-refractivity contribution is -0.137. The Kier molecular flexibility index (Phi) is 6.08. The third-order valence-corrected chi connectivity index (χ3v) is 3.25. The Balaban J connectivity index is 2.44. The third-order valence-electron chi connectivity index (χ3n) is 3.25. The number of nitrogens with one attached hydrogen (secondary N) is 2. The second-order valence-electron chi connectivity index (χ2n) is 5.40. The summed E-state index contributed by atoms with van der Waals surface area (Å²) in [7, 11) is 0. The van der Waals surface area contributed by atoms with Gasteiger partial charge in [0, 0.05) is 12.6 Å². The lowest BCUT2D eigenvalue weighted by Gasteiger charge is -2.34. The molecule has 2 atom stereocenters. The highest BCUT2D eigenvalue weighted by atomic mass is 16.5. The van der Waals surface area contributed by atoms with Gasteiger partial charge >= 0.3 is 12.0 Å². The number of rotatable bonds is 6. The van der Waals surface area contributed by atoms with Crippen LogP contribution in [0.5, 0.6) is 0 Å². The van der Waals surface area contributed by atoms with E-state index in [9.17, 15) is 9.59 Å². The summed E-state index contributed by atoms with van der Waals surface area (Å²) in [5.41, 5.74) is -0.359. The number of carbonyl (C=O) groups is 2. The normalized spacial score (nSPS) is 24.5. The van der Waals surface area contributed by atoms with Crippen LogP contribution >= 0.6 is 0 Å². The van der Waals surface area contributed by atoms with Crippen molar-refractivity contribution >= 4 is 12.0 Å². The van der Waals surface area contributed by atoms with Crippen LogP contribution in [0.3, 0.4) is 0 Å². The average molecular weight is 272 g/mol. The van der Waals surface area contributed by atoms with Crippen molar-refractivity contribution in [1.29, 1.82) is 0 Å². The highest BCUT2D eigenvalue weighted by Gasteiger charge is 2.29. The molecule has 0 saturated carbocycles. The molecule has 3 N–H and O–H groups in total. The van der Waals surface area contributed by atoms with Crippen LogP contribution < -0.4 is 10.6 Å². The van der Waals surface area contributed by atoms with Gasteiger partial charge < -0.3 is 20.5 Å². The molecule has 0 bridgehead atoms. The van der Waals surface area contributed by atoms with Gasteiger partial charge in [0.1, 0.15) is 0 Å². The molecule has 0 spiro atoms. The number of carboxylic acids is 1. The first-order valence-electron chi connectivity index (χ1n) is 6.83. The van der Waals surface area contributed by atoms with E-state index in [-0.39, 0.29) is 24.0 Å². The molecule has 0 aliphatic carbocycles. The van der Waals surface area contributed by atoms with E-state index in [0.29, 0.717) is 13.0 Å². The predicted octanol–water partition coefficient (Wildman–Crippen LogP) is 1.50. The summed E-state index contributed by atoms with van der Waals surface area (Å²) in [5.74, 6) is -0.897. The number of hydrogen-bond donors (Lipinski definition) is 3. The molecule has 6 heteroatoms. The van der Waals surface area contributed by atoms with Gasteiger partial charge in [-0.1, -0.05) is 13.3 Å². The zero-order valence-electron chi connectivity index (χ0n) is 11.7. The lowest BCUT2D eigenvalue weighted by Crippen LogP contribution is -2.56. The van der Waals surface area contributed by atoms with Gasteiger partial charge in [0.2, 0.25) is 0 Å². The molecule has 0 aromatic rings. The lowest BCUT2D eigenvalue weighted by atomic mass is 9.95. The number of urea groups is 1. The van der Waals surface area contributed by atoms with Gasteiger partial charge in [0.25, 0.3) is 0 Å². The quantitative estimate of drug-likeness (QED) is 0.683. The van der Waals surface area contributed by atoms with Crippen molar-refractivity contribution in [3.05, 3.63) is 0 Å². The molecule has 0 radical (unpaired) electrons. The Morgan fingerprint density at radius 2 is 2.21 bits per heavy atom. The summed E-state index contributed by atoms with van der Waals surface area (Å²) in [4.78, 5) is 22.6. The topological polar surface area (TPSA) is 87.7 Å². The van der Waals surface area contributed by atoms with Gasteiger partial charge in [-0.2, -0.15) is 0 Å². The highest BCUT2D eigenvalue weighted by Crippen LogP contribution is 2.18. The van der Waals surface area contributed by atoms with E-state index in [0.717, 1.165) is 25.9 Å². The number of ether oxygens (including phenoxy) is 1. The van der Waals surface area contributed by atoms with Crippen molar-refractivity contribution in [2.24, 2.45) is 0 Å². The molecule has 0 aromatic heterocycles. The molecule has 2 unspecified atom stereocenters. The molecule has 1 saturated heterocycles.